The molecule has 0 saturated heterocycles. The minimum atomic E-state index is -1.51. The van der Waals surface area contributed by atoms with Crippen molar-refractivity contribution in [2.45, 2.75) is 334 Å². The van der Waals surface area contributed by atoms with Gasteiger partial charge >= 0.3 is 17.9 Å². The van der Waals surface area contributed by atoms with Crippen molar-refractivity contribution in [3.8, 4) is 0 Å². The van der Waals surface area contributed by atoms with Crippen molar-refractivity contribution >= 4 is 17.9 Å². The summed E-state index contributed by atoms with van der Waals surface area (Å²) in [7, 11) is 5.98. The molecule has 0 saturated carbocycles. The summed E-state index contributed by atoms with van der Waals surface area (Å²) in [5, 5.41) is 9.72. The van der Waals surface area contributed by atoms with E-state index in [0.717, 1.165) is 44.9 Å². The molecule has 0 spiro atoms. The maximum Gasteiger partial charge on any atom is 0.361 e. The Balaban J connectivity index is 4.06. The number of carboxylic acids is 1. The fourth-order valence-corrected chi connectivity index (χ4v) is 9.75. The minimum Gasteiger partial charge on any atom is -0.477 e. The summed E-state index contributed by atoms with van der Waals surface area (Å²) in [5.41, 5.74) is 0. The summed E-state index contributed by atoms with van der Waals surface area (Å²) in [6.07, 6.45) is 71.1. The molecule has 0 aliphatic heterocycles. The number of esters is 2. The van der Waals surface area contributed by atoms with Crippen molar-refractivity contribution in [1.82, 2.24) is 0 Å². The van der Waals surface area contributed by atoms with Crippen molar-refractivity contribution in [3.05, 3.63) is 36.5 Å². The Kier molecular flexibility index (Phi) is 57.7. The number of aliphatic carboxylic acids is 1. The first kappa shape index (κ1) is 74.5. The molecule has 0 radical (unpaired) electrons. The highest BCUT2D eigenvalue weighted by Gasteiger charge is 2.25. The van der Waals surface area contributed by atoms with Gasteiger partial charge in [0.1, 0.15) is 13.2 Å². The molecule has 0 aliphatic carbocycles. The minimum absolute atomic E-state index is 0.178. The third-order valence-electron chi connectivity index (χ3n) is 14.9. The van der Waals surface area contributed by atoms with Gasteiger partial charge in [0, 0.05) is 12.8 Å². The number of carboxylic acid groups (broad SMARTS) is 1. The van der Waals surface area contributed by atoms with Crippen LogP contribution in [0.5, 0.6) is 0 Å². The van der Waals surface area contributed by atoms with Gasteiger partial charge in [-0.1, -0.05) is 275 Å². The van der Waals surface area contributed by atoms with Crippen LogP contribution in [0.1, 0.15) is 322 Å². The molecular formula is C68H128NO8+. The SMILES string of the molecule is CCCCCCC/C=C\C/C=C\CCCCCCCCCCCCCCCCCCCCCCCC(=O)OC(COC(=O)CCCCCCCCCCC/C=C\CCCCCCCC)COC(OCC[N+](C)(C)C)C(=O)O. The Bertz CT molecular complexity index is 1360. The summed E-state index contributed by atoms with van der Waals surface area (Å²) in [6.45, 7) is 4.91. The van der Waals surface area contributed by atoms with Gasteiger partial charge in [-0.05, 0) is 70.6 Å². The number of nitrogens with zero attached hydrogens (tertiary/aromatic N) is 1. The van der Waals surface area contributed by atoms with Crippen molar-refractivity contribution in [3.63, 3.8) is 0 Å². The van der Waals surface area contributed by atoms with Gasteiger partial charge in [-0.15, -0.1) is 0 Å². The average molecular weight is 1090 g/mol. The van der Waals surface area contributed by atoms with Crippen LogP contribution < -0.4 is 0 Å². The third-order valence-corrected chi connectivity index (χ3v) is 14.9. The average Bonchev–Trinajstić information content (AvgIpc) is 3.40. The van der Waals surface area contributed by atoms with Crippen molar-refractivity contribution < 1.29 is 42.9 Å². The summed E-state index contributed by atoms with van der Waals surface area (Å²) in [5.74, 6) is -1.99. The number of allylic oxidation sites excluding steroid dienone is 6. The van der Waals surface area contributed by atoms with Crippen LogP contribution in [-0.4, -0.2) is 87.4 Å². The van der Waals surface area contributed by atoms with E-state index in [9.17, 15) is 19.5 Å². The molecule has 0 rings (SSSR count). The predicted octanol–water partition coefficient (Wildman–Crippen LogP) is 20.0. The second kappa shape index (κ2) is 59.6. The number of hydrogen-bond acceptors (Lipinski definition) is 7. The van der Waals surface area contributed by atoms with Gasteiger partial charge in [-0.2, -0.15) is 0 Å². The van der Waals surface area contributed by atoms with Crippen molar-refractivity contribution in [1.29, 1.82) is 0 Å². The summed E-state index contributed by atoms with van der Waals surface area (Å²) < 4.78 is 23.0. The number of rotatable bonds is 62. The molecule has 0 fully saturated rings. The first-order chi connectivity index (χ1) is 37.6. The van der Waals surface area contributed by atoms with E-state index >= 15 is 0 Å². The summed E-state index contributed by atoms with van der Waals surface area (Å²) in [4.78, 5) is 37.5. The van der Waals surface area contributed by atoms with E-state index in [0.29, 0.717) is 17.4 Å². The molecular weight excluding hydrogens is 959 g/mol. The van der Waals surface area contributed by atoms with Crippen LogP contribution in [0.4, 0.5) is 0 Å². The van der Waals surface area contributed by atoms with Crippen LogP contribution in [0.25, 0.3) is 0 Å². The predicted molar refractivity (Wildman–Crippen MR) is 327 cm³/mol. The molecule has 0 aromatic carbocycles. The number of ether oxygens (including phenoxy) is 4. The number of likely N-dealkylation sites (N-methyl/N-ethyl adjacent to an activating group) is 1. The van der Waals surface area contributed by atoms with E-state index in [2.05, 4.69) is 50.3 Å². The van der Waals surface area contributed by atoms with Gasteiger partial charge in [-0.25, -0.2) is 4.79 Å². The van der Waals surface area contributed by atoms with Crippen LogP contribution in [0, 0.1) is 0 Å². The standard InChI is InChI=1S/C68H127NO8/c1-6-8-10-12-14-16-18-20-22-24-26-27-28-29-30-31-32-33-34-35-36-37-38-39-41-43-45-47-49-51-53-55-57-59-66(71)77-64(63-76-68(67(72)73)74-61-60-69(3,4)5)62-75-65(70)58-56-54-52-50-48-46-44-42-40-25-23-21-19-17-15-13-11-9-7-2/h18,20-21,23-24,26,64,68H,6-17,19,22,25,27-63H2,1-5H3/p+1/b20-18-,23-21-,26-24-. The summed E-state index contributed by atoms with van der Waals surface area (Å²) in [6, 6.07) is 0. The van der Waals surface area contributed by atoms with E-state index in [1.165, 1.54) is 250 Å². The van der Waals surface area contributed by atoms with Crippen LogP contribution >= 0.6 is 0 Å². The van der Waals surface area contributed by atoms with Gasteiger partial charge in [0.05, 0.1) is 34.4 Å². The largest absolute Gasteiger partial charge is 0.477 e. The maximum absolute atomic E-state index is 12.9. The molecule has 0 bridgehead atoms. The molecule has 0 aliphatic rings. The van der Waals surface area contributed by atoms with E-state index in [4.69, 9.17) is 18.9 Å². The molecule has 1 N–H and O–H groups in total. The fraction of sp³-hybridized carbons (Fsp3) is 0.868. The Morgan fingerprint density at radius 3 is 1.04 bits per heavy atom. The van der Waals surface area contributed by atoms with E-state index in [1.807, 2.05) is 21.1 Å². The van der Waals surface area contributed by atoms with Crippen molar-refractivity contribution in [2.24, 2.45) is 0 Å². The molecule has 0 heterocycles. The number of carbonyl (C=O) groups excluding carboxylic acids is 2. The quantitative estimate of drug-likeness (QED) is 0.0211. The number of carbonyl (C=O) groups is 3. The van der Waals surface area contributed by atoms with E-state index in [1.54, 1.807) is 0 Å². The lowest BCUT2D eigenvalue weighted by molar-refractivity contribution is -0.870. The number of quaternary nitrogens is 1. The Morgan fingerprint density at radius 2 is 0.701 bits per heavy atom. The first-order valence-electron chi connectivity index (χ1n) is 33.2. The fourth-order valence-electron chi connectivity index (χ4n) is 9.75. The van der Waals surface area contributed by atoms with Crippen LogP contribution in [0.15, 0.2) is 36.5 Å². The smallest absolute Gasteiger partial charge is 0.361 e. The lowest BCUT2D eigenvalue weighted by Crippen LogP contribution is -2.40. The molecule has 2 unspecified atom stereocenters. The highest BCUT2D eigenvalue weighted by atomic mass is 16.7. The van der Waals surface area contributed by atoms with Gasteiger partial charge in [0.15, 0.2) is 6.10 Å². The van der Waals surface area contributed by atoms with E-state index in [-0.39, 0.29) is 38.2 Å². The van der Waals surface area contributed by atoms with Crippen molar-refractivity contribution in [2.75, 3.05) is 47.5 Å². The Hall–Kier alpha value is -2.49. The third kappa shape index (κ3) is 61.0. The normalized spacial score (nSPS) is 12.9. The van der Waals surface area contributed by atoms with Crippen LogP contribution in [0.2, 0.25) is 0 Å². The zero-order valence-corrected chi connectivity index (χ0v) is 51.6. The van der Waals surface area contributed by atoms with Crippen LogP contribution in [-0.2, 0) is 33.3 Å². The second-order valence-electron chi connectivity index (χ2n) is 23.8. The molecule has 77 heavy (non-hydrogen) atoms. The highest BCUT2D eigenvalue weighted by Crippen LogP contribution is 2.18. The molecule has 9 heteroatoms. The maximum atomic E-state index is 12.9. The Morgan fingerprint density at radius 1 is 0.390 bits per heavy atom. The first-order valence-corrected chi connectivity index (χ1v) is 33.2. The van der Waals surface area contributed by atoms with Gasteiger partial charge in [0.25, 0.3) is 6.29 Å². The lowest BCUT2D eigenvalue weighted by Gasteiger charge is -2.25. The van der Waals surface area contributed by atoms with Crippen LogP contribution in [0.3, 0.4) is 0 Å². The lowest BCUT2D eigenvalue weighted by atomic mass is 10.0. The zero-order chi connectivity index (χ0) is 56.2. The molecule has 452 valence electrons. The summed E-state index contributed by atoms with van der Waals surface area (Å²) >= 11 is 0. The van der Waals surface area contributed by atoms with Gasteiger partial charge in [-0.3, -0.25) is 9.59 Å². The molecule has 2 atom stereocenters. The number of hydrogen-bond donors (Lipinski definition) is 1. The molecule has 9 nitrogen and oxygen atoms in total. The van der Waals surface area contributed by atoms with Gasteiger partial charge < -0.3 is 28.5 Å². The molecule has 0 aromatic rings. The topological polar surface area (TPSA) is 108 Å². The second-order valence-corrected chi connectivity index (χ2v) is 23.8. The van der Waals surface area contributed by atoms with Gasteiger partial charge in [0.2, 0.25) is 0 Å². The van der Waals surface area contributed by atoms with E-state index < -0.39 is 18.4 Å². The zero-order valence-electron chi connectivity index (χ0n) is 51.6. The molecule has 0 aromatic heterocycles. The monoisotopic (exact) mass is 1090 g/mol. The highest BCUT2D eigenvalue weighted by molar-refractivity contribution is 5.71. The molecule has 0 amide bonds. The Labute approximate surface area is 477 Å². The number of unbranched alkanes of at least 4 members (excludes halogenated alkanes) is 41.